The van der Waals surface area contributed by atoms with Crippen molar-refractivity contribution in [3.8, 4) is 0 Å². The molecule has 118 valence electrons. The Morgan fingerprint density at radius 1 is 1.38 bits per heavy atom. The minimum atomic E-state index is -0.528. The van der Waals surface area contributed by atoms with Crippen LogP contribution in [0.15, 0.2) is 18.3 Å². The average Bonchev–Trinajstić information content (AvgIpc) is 2.60. The summed E-state index contributed by atoms with van der Waals surface area (Å²) in [6.45, 7) is 10.1. The first-order valence-electron chi connectivity index (χ1n) is 8.10. The van der Waals surface area contributed by atoms with Gasteiger partial charge in [0.2, 0.25) is 0 Å². The molecule has 1 aromatic rings. The first-order valence-corrected chi connectivity index (χ1v) is 8.10. The molecule has 0 aliphatic carbocycles. The molecule has 0 spiro atoms. The summed E-state index contributed by atoms with van der Waals surface area (Å²) in [5, 5.41) is 13.7. The van der Waals surface area contributed by atoms with Crippen LogP contribution in [0.5, 0.6) is 0 Å². The van der Waals surface area contributed by atoms with E-state index >= 15 is 0 Å². The number of hydrogen-bond donors (Lipinski definition) is 2. The fraction of sp³-hybridized carbons (Fsp3) is 0.706. The zero-order valence-corrected chi connectivity index (χ0v) is 13.6. The number of aliphatic hydroxyl groups is 1. The van der Waals surface area contributed by atoms with Crippen LogP contribution in [0.2, 0.25) is 0 Å². The number of rotatable bonds is 5. The van der Waals surface area contributed by atoms with Gasteiger partial charge in [0.1, 0.15) is 5.82 Å². The van der Waals surface area contributed by atoms with Crippen molar-refractivity contribution in [3.05, 3.63) is 23.9 Å². The molecule has 1 aliphatic heterocycles. The van der Waals surface area contributed by atoms with Crippen molar-refractivity contribution < 1.29 is 5.11 Å². The molecule has 1 atom stereocenters. The third-order valence-electron chi connectivity index (χ3n) is 4.10. The van der Waals surface area contributed by atoms with Gasteiger partial charge < -0.3 is 15.3 Å². The fourth-order valence-electron chi connectivity index (χ4n) is 2.82. The highest BCUT2D eigenvalue weighted by atomic mass is 16.3. The topological polar surface area (TPSA) is 48.4 Å². The van der Waals surface area contributed by atoms with Gasteiger partial charge in [0.15, 0.2) is 0 Å². The van der Waals surface area contributed by atoms with Crippen molar-refractivity contribution in [2.24, 2.45) is 5.92 Å². The van der Waals surface area contributed by atoms with Crippen molar-refractivity contribution in [1.82, 2.24) is 10.3 Å². The van der Waals surface area contributed by atoms with Gasteiger partial charge in [-0.3, -0.25) is 0 Å². The quantitative estimate of drug-likeness (QED) is 0.875. The number of pyridine rings is 1. The van der Waals surface area contributed by atoms with Gasteiger partial charge in [0, 0.05) is 31.4 Å². The average molecular weight is 291 g/mol. The first kappa shape index (κ1) is 16.2. The molecular formula is C17H29N3O. The summed E-state index contributed by atoms with van der Waals surface area (Å²) in [7, 11) is 0. The van der Waals surface area contributed by atoms with Gasteiger partial charge in [0.05, 0.1) is 5.60 Å². The van der Waals surface area contributed by atoms with Crippen LogP contribution in [-0.2, 0) is 6.54 Å². The zero-order valence-electron chi connectivity index (χ0n) is 13.6. The predicted octanol–water partition coefficient (Wildman–Crippen LogP) is 2.57. The normalized spacial score (nSPS) is 23.4. The van der Waals surface area contributed by atoms with Gasteiger partial charge in [-0.25, -0.2) is 4.98 Å². The Hall–Kier alpha value is -1.13. The summed E-state index contributed by atoms with van der Waals surface area (Å²) in [6, 6.07) is 4.16. The van der Waals surface area contributed by atoms with Gasteiger partial charge in [0.25, 0.3) is 0 Å². The van der Waals surface area contributed by atoms with Gasteiger partial charge >= 0.3 is 0 Å². The smallest absolute Gasteiger partial charge is 0.133 e. The number of aromatic nitrogens is 1. The van der Waals surface area contributed by atoms with Gasteiger partial charge in [-0.1, -0.05) is 19.9 Å². The third kappa shape index (κ3) is 4.97. The van der Waals surface area contributed by atoms with E-state index in [0.717, 1.165) is 51.3 Å². The van der Waals surface area contributed by atoms with Crippen molar-refractivity contribution in [3.63, 3.8) is 0 Å². The minimum absolute atomic E-state index is 0.528. The van der Waals surface area contributed by atoms with Crippen LogP contribution in [0.4, 0.5) is 5.82 Å². The van der Waals surface area contributed by atoms with Crippen LogP contribution in [0.25, 0.3) is 0 Å². The zero-order chi connectivity index (χ0) is 15.3. The first-order chi connectivity index (χ1) is 9.98. The lowest BCUT2D eigenvalue weighted by atomic mass is 9.98. The minimum Gasteiger partial charge on any atom is -0.390 e. The summed E-state index contributed by atoms with van der Waals surface area (Å²) >= 11 is 0. The summed E-state index contributed by atoms with van der Waals surface area (Å²) in [4.78, 5) is 6.92. The van der Waals surface area contributed by atoms with E-state index in [1.54, 1.807) is 0 Å². The Balaban J connectivity index is 2.05. The van der Waals surface area contributed by atoms with Gasteiger partial charge in [-0.2, -0.15) is 0 Å². The van der Waals surface area contributed by atoms with E-state index < -0.39 is 5.60 Å². The van der Waals surface area contributed by atoms with E-state index in [1.165, 1.54) is 5.56 Å². The molecule has 0 amide bonds. The standard InChI is InChI=1S/C17H29N3O/c1-14(2)12-18-13-15-6-4-9-19-16(15)20-10-5-7-17(3,21)8-11-20/h4,6,9,14,18,21H,5,7-8,10-13H2,1-3H3. The van der Waals surface area contributed by atoms with E-state index in [-0.39, 0.29) is 0 Å². The Bertz CT molecular complexity index is 445. The van der Waals surface area contributed by atoms with Crippen LogP contribution in [-0.4, -0.2) is 35.3 Å². The highest BCUT2D eigenvalue weighted by molar-refractivity contribution is 5.46. The molecule has 0 saturated carbocycles. The molecule has 2 rings (SSSR count). The van der Waals surface area contributed by atoms with Crippen LogP contribution in [0.3, 0.4) is 0 Å². The molecule has 4 nitrogen and oxygen atoms in total. The van der Waals surface area contributed by atoms with E-state index in [9.17, 15) is 5.11 Å². The van der Waals surface area contributed by atoms with Crippen LogP contribution in [0, 0.1) is 5.92 Å². The Morgan fingerprint density at radius 2 is 2.19 bits per heavy atom. The maximum atomic E-state index is 10.2. The van der Waals surface area contributed by atoms with Gasteiger partial charge in [-0.15, -0.1) is 0 Å². The molecule has 0 radical (unpaired) electrons. The predicted molar refractivity (Wildman–Crippen MR) is 87.5 cm³/mol. The summed E-state index contributed by atoms with van der Waals surface area (Å²) < 4.78 is 0. The van der Waals surface area contributed by atoms with Gasteiger partial charge in [-0.05, 0) is 44.7 Å². The molecule has 4 heteroatoms. The molecule has 2 heterocycles. The summed E-state index contributed by atoms with van der Waals surface area (Å²) in [5.41, 5.74) is 0.722. The monoisotopic (exact) mass is 291 g/mol. The second kappa shape index (κ2) is 7.23. The second-order valence-corrected chi connectivity index (χ2v) is 6.85. The molecule has 21 heavy (non-hydrogen) atoms. The number of nitrogens with one attached hydrogen (secondary N) is 1. The number of anilines is 1. The number of nitrogens with zero attached hydrogens (tertiary/aromatic N) is 2. The molecule has 1 unspecified atom stereocenters. The molecule has 1 saturated heterocycles. The highest BCUT2D eigenvalue weighted by Crippen LogP contribution is 2.26. The van der Waals surface area contributed by atoms with E-state index in [0.29, 0.717) is 5.92 Å². The van der Waals surface area contributed by atoms with Crippen molar-refractivity contribution in [2.75, 3.05) is 24.5 Å². The van der Waals surface area contributed by atoms with E-state index in [2.05, 4.69) is 35.1 Å². The summed E-state index contributed by atoms with van der Waals surface area (Å²) in [6.07, 6.45) is 4.56. The molecule has 1 aromatic heterocycles. The lowest BCUT2D eigenvalue weighted by Crippen LogP contribution is -2.30. The maximum Gasteiger partial charge on any atom is 0.133 e. The second-order valence-electron chi connectivity index (χ2n) is 6.85. The molecule has 0 bridgehead atoms. The lowest BCUT2D eigenvalue weighted by Gasteiger charge is -2.25. The lowest BCUT2D eigenvalue weighted by molar-refractivity contribution is 0.0481. The van der Waals surface area contributed by atoms with E-state index in [4.69, 9.17) is 0 Å². The summed E-state index contributed by atoms with van der Waals surface area (Å²) in [5.74, 6) is 1.73. The largest absolute Gasteiger partial charge is 0.390 e. The van der Waals surface area contributed by atoms with Crippen LogP contribution < -0.4 is 10.2 Å². The van der Waals surface area contributed by atoms with Crippen LogP contribution >= 0.6 is 0 Å². The van der Waals surface area contributed by atoms with E-state index in [1.807, 2.05) is 19.2 Å². The van der Waals surface area contributed by atoms with Crippen LogP contribution in [0.1, 0.15) is 45.6 Å². The molecule has 1 fully saturated rings. The molecule has 0 aromatic carbocycles. The van der Waals surface area contributed by atoms with Crippen molar-refractivity contribution in [1.29, 1.82) is 0 Å². The van der Waals surface area contributed by atoms with Crippen molar-refractivity contribution in [2.45, 2.75) is 52.2 Å². The molecule has 2 N–H and O–H groups in total. The third-order valence-corrected chi connectivity index (χ3v) is 4.10. The Morgan fingerprint density at radius 3 is 2.95 bits per heavy atom. The molecular weight excluding hydrogens is 262 g/mol. The molecule has 1 aliphatic rings. The fourth-order valence-corrected chi connectivity index (χ4v) is 2.82. The SMILES string of the molecule is CC(C)CNCc1cccnc1N1CCCC(C)(O)CC1. The Kier molecular flexibility index (Phi) is 5.59. The number of hydrogen-bond acceptors (Lipinski definition) is 4. The maximum absolute atomic E-state index is 10.2. The Labute approximate surface area is 128 Å². The van der Waals surface area contributed by atoms with Crippen molar-refractivity contribution >= 4 is 5.82 Å². The highest BCUT2D eigenvalue weighted by Gasteiger charge is 2.26.